The molecule has 0 spiro atoms. The van der Waals surface area contributed by atoms with Gasteiger partial charge in [0.15, 0.2) is 0 Å². The van der Waals surface area contributed by atoms with Crippen molar-refractivity contribution in [2.75, 3.05) is 9.80 Å². The molecule has 0 unspecified atom stereocenters. The van der Waals surface area contributed by atoms with Gasteiger partial charge in [-0.15, -0.1) is 68.0 Å². The molecule has 6 aromatic heterocycles. The fraction of sp³-hybridized carbons (Fsp3) is 0.108. The highest BCUT2D eigenvalue weighted by Crippen LogP contribution is 2.56. The first-order chi connectivity index (χ1) is 40.4. The van der Waals surface area contributed by atoms with Crippen molar-refractivity contribution in [2.45, 2.75) is 52.4 Å². The number of rotatable bonds is 4. The van der Waals surface area contributed by atoms with Crippen LogP contribution in [0.15, 0.2) is 198 Å². The highest BCUT2D eigenvalue weighted by atomic mass is 32.1. The Morgan fingerprint density at radius 3 is 1.40 bits per heavy atom. The second-order valence-electron chi connectivity index (χ2n) is 24.5. The number of fused-ring (bicyclic) bond motifs is 17. The van der Waals surface area contributed by atoms with Gasteiger partial charge in [-0.1, -0.05) is 120 Å². The number of benzene rings is 9. The average Bonchev–Trinajstić information content (AvgIpc) is 1.69. The van der Waals surface area contributed by atoms with Gasteiger partial charge in [0.05, 0.1) is 11.4 Å². The minimum atomic E-state index is -0.300. The zero-order valence-electron chi connectivity index (χ0n) is 46.5. The van der Waals surface area contributed by atoms with Crippen LogP contribution in [-0.4, -0.2) is 6.71 Å². The van der Waals surface area contributed by atoms with Gasteiger partial charge in [0.25, 0.3) is 6.71 Å². The first-order valence-corrected chi connectivity index (χ1v) is 33.6. The van der Waals surface area contributed by atoms with Crippen LogP contribution in [0, 0.1) is 6.92 Å². The molecule has 4 bridgehead atoms. The van der Waals surface area contributed by atoms with Crippen molar-refractivity contribution in [3.05, 3.63) is 220 Å². The van der Waals surface area contributed by atoms with Gasteiger partial charge in [-0.2, -0.15) is 0 Å². The fourth-order valence-corrected chi connectivity index (χ4v) is 21.0. The van der Waals surface area contributed by atoms with E-state index in [1.807, 2.05) is 68.0 Å². The molecule has 0 amide bonds. The smallest absolute Gasteiger partial charge is 0.277 e. The van der Waals surface area contributed by atoms with Crippen LogP contribution in [0.1, 0.15) is 56.2 Å². The Balaban J connectivity index is 0.976. The molecule has 3 aliphatic heterocycles. The molecule has 18 rings (SSSR count). The molecular weight excluding hydrogens is 1120 g/mol. The highest BCUT2D eigenvalue weighted by molar-refractivity contribution is 7.41. The summed E-state index contributed by atoms with van der Waals surface area (Å²) in [7, 11) is 0. The monoisotopic (exact) mass is 1170 g/mol. The second-order valence-corrected chi connectivity index (χ2v) is 30.5. The topological polar surface area (TPSA) is 6.48 Å². The molecule has 0 atom stereocenters. The predicted octanol–water partition coefficient (Wildman–Crippen LogP) is 22.0. The van der Waals surface area contributed by atoms with Gasteiger partial charge in [0.1, 0.15) is 0 Å². The average molecular weight is 1170 g/mol. The van der Waals surface area contributed by atoms with Gasteiger partial charge in [-0.3, -0.25) is 0 Å². The van der Waals surface area contributed by atoms with E-state index in [4.69, 9.17) is 0 Å². The van der Waals surface area contributed by atoms with Crippen LogP contribution in [0.3, 0.4) is 0 Å². The van der Waals surface area contributed by atoms with Crippen LogP contribution < -0.4 is 24.8 Å². The molecule has 0 saturated carbocycles. The number of thiophene rings is 6. The molecule has 0 fully saturated rings. The van der Waals surface area contributed by atoms with Crippen molar-refractivity contribution in [1.82, 2.24) is 0 Å². The normalized spacial score (nSPS) is 14.2. The molecular formula is C74H51BN2S6. The first kappa shape index (κ1) is 48.9. The number of aryl methyl sites for hydroxylation is 1. The minimum Gasteiger partial charge on any atom is -0.310 e. The van der Waals surface area contributed by atoms with E-state index in [-0.39, 0.29) is 17.5 Å². The van der Waals surface area contributed by atoms with E-state index in [1.54, 1.807) is 0 Å². The lowest BCUT2D eigenvalue weighted by Gasteiger charge is -2.42. The van der Waals surface area contributed by atoms with E-state index in [0.29, 0.717) is 0 Å². The molecule has 0 saturated heterocycles. The summed E-state index contributed by atoms with van der Waals surface area (Å²) < 4.78 is 10.7. The van der Waals surface area contributed by atoms with Crippen LogP contribution in [0.4, 0.5) is 34.1 Å². The van der Waals surface area contributed by atoms with Gasteiger partial charge in [-0.05, 0) is 170 Å². The molecule has 0 aliphatic carbocycles. The van der Waals surface area contributed by atoms with Gasteiger partial charge < -0.3 is 9.80 Å². The number of anilines is 6. The van der Waals surface area contributed by atoms with E-state index in [9.17, 15) is 0 Å². The summed E-state index contributed by atoms with van der Waals surface area (Å²) in [6.45, 7) is 14.3. The Bertz CT molecular complexity index is 5210. The van der Waals surface area contributed by atoms with Crippen molar-refractivity contribution in [1.29, 1.82) is 0 Å². The highest BCUT2D eigenvalue weighted by Gasteiger charge is 2.48. The number of nitrogens with zero attached hydrogens (tertiary/aromatic N) is 2. The Labute approximate surface area is 506 Å². The molecule has 9 aromatic carbocycles. The Morgan fingerprint density at radius 1 is 0.422 bits per heavy atom. The van der Waals surface area contributed by atoms with Gasteiger partial charge in [-0.25, -0.2) is 0 Å². The Kier molecular flexibility index (Phi) is 10.3. The van der Waals surface area contributed by atoms with Gasteiger partial charge in [0, 0.05) is 125 Å². The SMILES string of the molecule is Cc1cc2c3c(c1)N1c4cc(-c5csc6ccccc56)cc(c4)-c4c(sc5ccccc45)C(C)(C)c4ccc5sc(c1c5c4)B3c1sc3ccc(C(C)(C)C)cc3c1N2c1cc(-c2csc3ccccc23)cc(-c2csc3ccccc23)c1. The van der Waals surface area contributed by atoms with Crippen LogP contribution in [0.25, 0.3) is 105 Å². The van der Waals surface area contributed by atoms with Crippen LogP contribution in [0.5, 0.6) is 0 Å². The lowest BCUT2D eigenvalue weighted by atomic mass is 9.39. The molecule has 0 N–H and O–H groups in total. The molecule has 396 valence electrons. The maximum absolute atomic E-state index is 2.72. The van der Waals surface area contributed by atoms with Gasteiger partial charge in [0.2, 0.25) is 0 Å². The summed E-state index contributed by atoms with van der Waals surface area (Å²) in [5, 5.41) is 15.0. The third-order valence-electron chi connectivity index (χ3n) is 18.2. The van der Waals surface area contributed by atoms with E-state index in [1.165, 1.54) is 176 Å². The first-order valence-electron chi connectivity index (χ1n) is 28.5. The summed E-state index contributed by atoms with van der Waals surface area (Å²) in [6.07, 6.45) is 0. The maximum Gasteiger partial charge on any atom is 0.277 e. The van der Waals surface area contributed by atoms with Crippen LogP contribution in [-0.2, 0) is 10.8 Å². The molecule has 0 radical (unpaired) electrons. The van der Waals surface area contributed by atoms with Crippen molar-refractivity contribution in [3.8, 4) is 44.5 Å². The van der Waals surface area contributed by atoms with Crippen LogP contribution in [0.2, 0.25) is 0 Å². The second kappa shape index (κ2) is 17.5. The van der Waals surface area contributed by atoms with Crippen molar-refractivity contribution in [2.24, 2.45) is 0 Å². The molecule has 3 aliphatic rings. The van der Waals surface area contributed by atoms with Crippen molar-refractivity contribution in [3.63, 3.8) is 0 Å². The molecule has 15 aromatic rings. The zero-order chi connectivity index (χ0) is 55.4. The van der Waals surface area contributed by atoms with Crippen molar-refractivity contribution >= 4 is 184 Å². The largest absolute Gasteiger partial charge is 0.310 e. The van der Waals surface area contributed by atoms with E-state index in [2.05, 4.69) is 249 Å². The number of hydrogen-bond donors (Lipinski definition) is 0. The van der Waals surface area contributed by atoms with Crippen molar-refractivity contribution < 1.29 is 0 Å². The van der Waals surface area contributed by atoms with E-state index >= 15 is 0 Å². The van der Waals surface area contributed by atoms with Gasteiger partial charge >= 0.3 is 0 Å². The number of hydrogen-bond acceptors (Lipinski definition) is 8. The maximum atomic E-state index is 2.72. The third-order valence-corrected chi connectivity index (χ3v) is 25.0. The molecule has 83 heavy (non-hydrogen) atoms. The summed E-state index contributed by atoms with van der Waals surface area (Å²) in [6, 6.07) is 70.9. The zero-order valence-corrected chi connectivity index (χ0v) is 51.4. The summed E-state index contributed by atoms with van der Waals surface area (Å²) >= 11 is 11.5. The lowest BCUT2D eigenvalue weighted by Crippen LogP contribution is -2.59. The quantitative estimate of drug-likeness (QED) is 0.162. The van der Waals surface area contributed by atoms with E-state index < -0.39 is 0 Å². The van der Waals surface area contributed by atoms with E-state index in [0.717, 1.165) is 0 Å². The summed E-state index contributed by atoms with van der Waals surface area (Å²) in [5.41, 5.74) is 22.6. The Morgan fingerprint density at radius 2 is 0.867 bits per heavy atom. The standard InChI is InChI=1S/C74H51BN2S6/c1-40-27-58-67-59(28-40)77-48-33-43(57-39-80-62-21-13-9-17-51(57)62)30-44(34-48)66-52-18-10-14-22-63(52)81-70(66)74(5,6)46-24-26-65-54(36-46)69(77)72(83-65)75(67)71-68(53-35-45(73(2,3)4)23-25-64(53)82-71)76(58)47-31-41(55-37-78-60-19-11-7-15-49(55)60)29-42(32-47)56-38-79-61-20-12-8-16-50(56)61/h7-39H,1-6H3. The summed E-state index contributed by atoms with van der Waals surface area (Å²) in [4.78, 5) is 6.84. The lowest BCUT2D eigenvalue weighted by molar-refractivity contribution is 0.591. The predicted molar refractivity (Wildman–Crippen MR) is 370 cm³/mol. The third kappa shape index (κ3) is 7.04. The minimum absolute atomic E-state index is 0.00843. The summed E-state index contributed by atoms with van der Waals surface area (Å²) in [5.74, 6) is 0. The molecule has 9 heterocycles. The van der Waals surface area contributed by atoms with Crippen LogP contribution >= 0.6 is 68.0 Å². The fourth-order valence-electron chi connectivity index (χ4n) is 14.1. The molecule has 2 nitrogen and oxygen atoms in total. The molecule has 9 heteroatoms. The Hall–Kier alpha value is -7.60.